The summed E-state index contributed by atoms with van der Waals surface area (Å²) in [4.78, 5) is 11.8. The van der Waals surface area contributed by atoms with Gasteiger partial charge in [-0.3, -0.25) is 4.79 Å². The first kappa shape index (κ1) is 12.1. The summed E-state index contributed by atoms with van der Waals surface area (Å²) in [6.07, 6.45) is 6.00. The summed E-state index contributed by atoms with van der Waals surface area (Å²) in [5.41, 5.74) is 1.31. The molecule has 2 aliphatic rings. The lowest BCUT2D eigenvalue weighted by Crippen LogP contribution is -2.38. The number of fused-ring (bicyclic) bond motifs is 1. The van der Waals surface area contributed by atoms with Gasteiger partial charge in [-0.25, -0.2) is 0 Å². The van der Waals surface area contributed by atoms with Crippen LogP contribution in [0, 0.1) is 0 Å². The first-order valence-electron chi connectivity index (χ1n) is 6.51. The SMILES string of the molecule is O=C1NC(O)(SC2CCCCC2)c2ccccc21. The smallest absolute Gasteiger partial charge is 0.254 e. The molecule has 1 fully saturated rings. The van der Waals surface area contributed by atoms with Crippen LogP contribution in [-0.4, -0.2) is 16.3 Å². The molecule has 0 spiro atoms. The monoisotopic (exact) mass is 263 g/mol. The number of aliphatic hydroxyl groups is 1. The van der Waals surface area contributed by atoms with Gasteiger partial charge in [0.05, 0.1) is 0 Å². The molecule has 1 aliphatic carbocycles. The number of nitrogens with one attached hydrogen (secondary N) is 1. The standard InChI is InChI=1S/C14H17NO2S/c16-13-11-8-4-5-9-12(11)14(17,15-13)18-10-6-2-1-3-7-10/h4-5,8-10,17H,1-3,6-7H2,(H,15,16). The maximum Gasteiger partial charge on any atom is 0.254 e. The molecule has 18 heavy (non-hydrogen) atoms. The van der Waals surface area contributed by atoms with E-state index in [4.69, 9.17) is 0 Å². The maximum absolute atomic E-state index is 11.8. The van der Waals surface area contributed by atoms with Crippen molar-refractivity contribution >= 4 is 17.7 Å². The van der Waals surface area contributed by atoms with Gasteiger partial charge in [0.25, 0.3) is 5.91 Å². The Bertz CT molecular complexity index is 471. The number of rotatable bonds is 2. The van der Waals surface area contributed by atoms with Crippen molar-refractivity contribution < 1.29 is 9.90 Å². The highest BCUT2D eigenvalue weighted by molar-refractivity contribution is 8.00. The molecule has 1 aromatic rings. The Kier molecular flexibility index (Phi) is 3.08. The fourth-order valence-corrected chi connectivity index (χ4v) is 4.29. The molecule has 96 valence electrons. The zero-order valence-corrected chi connectivity index (χ0v) is 11.0. The molecule has 1 atom stereocenters. The van der Waals surface area contributed by atoms with E-state index in [0.29, 0.717) is 16.4 Å². The van der Waals surface area contributed by atoms with E-state index in [1.165, 1.54) is 31.0 Å². The van der Waals surface area contributed by atoms with Crippen LogP contribution in [-0.2, 0) is 5.06 Å². The van der Waals surface area contributed by atoms with Crippen LogP contribution in [0.3, 0.4) is 0 Å². The summed E-state index contributed by atoms with van der Waals surface area (Å²) in [5, 5.41) is 12.6. The van der Waals surface area contributed by atoms with Crippen molar-refractivity contribution in [3.63, 3.8) is 0 Å². The summed E-state index contributed by atoms with van der Waals surface area (Å²) < 4.78 is 0. The van der Waals surface area contributed by atoms with Gasteiger partial charge in [-0.05, 0) is 18.9 Å². The minimum absolute atomic E-state index is 0.170. The van der Waals surface area contributed by atoms with Gasteiger partial charge in [0, 0.05) is 16.4 Å². The normalized spacial score (nSPS) is 27.9. The molecule has 1 aliphatic heterocycles. The fraction of sp³-hybridized carbons (Fsp3) is 0.500. The van der Waals surface area contributed by atoms with Crippen LogP contribution in [0.25, 0.3) is 0 Å². The molecular weight excluding hydrogens is 246 g/mol. The van der Waals surface area contributed by atoms with Gasteiger partial charge in [-0.15, -0.1) is 0 Å². The maximum atomic E-state index is 11.8. The van der Waals surface area contributed by atoms with Crippen LogP contribution >= 0.6 is 11.8 Å². The number of amides is 1. The van der Waals surface area contributed by atoms with E-state index in [9.17, 15) is 9.90 Å². The Morgan fingerprint density at radius 1 is 1.22 bits per heavy atom. The van der Waals surface area contributed by atoms with Crippen LogP contribution in [0.1, 0.15) is 48.0 Å². The van der Waals surface area contributed by atoms with E-state index in [0.717, 1.165) is 12.8 Å². The van der Waals surface area contributed by atoms with Gasteiger partial charge < -0.3 is 10.4 Å². The second-order valence-electron chi connectivity index (χ2n) is 5.02. The molecule has 0 aromatic heterocycles. The third-order valence-corrected chi connectivity index (χ3v) is 5.18. The van der Waals surface area contributed by atoms with Crippen molar-refractivity contribution in [1.29, 1.82) is 0 Å². The zero-order valence-electron chi connectivity index (χ0n) is 10.2. The van der Waals surface area contributed by atoms with E-state index in [-0.39, 0.29) is 5.91 Å². The quantitative estimate of drug-likeness (QED) is 0.806. The molecule has 1 heterocycles. The molecular formula is C14H17NO2S. The second-order valence-corrected chi connectivity index (χ2v) is 6.51. The van der Waals surface area contributed by atoms with Crippen molar-refractivity contribution in [3.05, 3.63) is 35.4 Å². The summed E-state index contributed by atoms with van der Waals surface area (Å²) >= 11 is 1.50. The fourth-order valence-electron chi connectivity index (χ4n) is 2.78. The Balaban J connectivity index is 1.85. The number of benzene rings is 1. The average Bonchev–Trinajstić information content (AvgIpc) is 2.63. The van der Waals surface area contributed by atoms with Crippen LogP contribution in [0.15, 0.2) is 24.3 Å². The summed E-state index contributed by atoms with van der Waals surface area (Å²) in [5.74, 6) is -0.170. The van der Waals surface area contributed by atoms with E-state index >= 15 is 0 Å². The number of hydrogen-bond donors (Lipinski definition) is 2. The second kappa shape index (κ2) is 4.59. The van der Waals surface area contributed by atoms with Crippen LogP contribution in [0.4, 0.5) is 0 Å². The zero-order chi connectivity index (χ0) is 12.6. The first-order valence-corrected chi connectivity index (χ1v) is 7.39. The number of carbonyl (C=O) groups is 1. The molecule has 2 N–H and O–H groups in total. The predicted molar refractivity (Wildman–Crippen MR) is 72.3 cm³/mol. The van der Waals surface area contributed by atoms with Crippen molar-refractivity contribution in [1.82, 2.24) is 5.32 Å². The molecule has 0 saturated heterocycles. The topological polar surface area (TPSA) is 49.3 Å². The number of carbonyl (C=O) groups excluding carboxylic acids is 1. The van der Waals surface area contributed by atoms with E-state index in [2.05, 4.69) is 5.32 Å². The number of thioether (sulfide) groups is 1. The first-order chi connectivity index (χ1) is 8.69. The summed E-state index contributed by atoms with van der Waals surface area (Å²) in [6.45, 7) is 0. The highest BCUT2D eigenvalue weighted by atomic mass is 32.2. The van der Waals surface area contributed by atoms with Gasteiger partial charge >= 0.3 is 0 Å². The van der Waals surface area contributed by atoms with E-state index in [1.54, 1.807) is 6.07 Å². The lowest BCUT2D eigenvalue weighted by atomic mass is 10.0. The highest BCUT2D eigenvalue weighted by Gasteiger charge is 2.43. The molecule has 4 heteroatoms. The van der Waals surface area contributed by atoms with Gasteiger partial charge in [-0.1, -0.05) is 49.2 Å². The molecule has 0 radical (unpaired) electrons. The van der Waals surface area contributed by atoms with Gasteiger partial charge in [0.1, 0.15) is 0 Å². The molecule has 0 bridgehead atoms. The highest BCUT2D eigenvalue weighted by Crippen LogP contribution is 2.43. The predicted octanol–water partition coefficient (Wildman–Crippen LogP) is 2.60. The molecule has 1 unspecified atom stereocenters. The van der Waals surface area contributed by atoms with Crippen molar-refractivity contribution in [2.45, 2.75) is 42.4 Å². The summed E-state index contributed by atoms with van der Waals surface area (Å²) in [7, 11) is 0. The Labute approximate surface area is 111 Å². The Hall–Kier alpha value is -1.00. The minimum Gasteiger partial charge on any atom is -0.359 e. The van der Waals surface area contributed by atoms with E-state index in [1.807, 2.05) is 18.2 Å². The Morgan fingerprint density at radius 2 is 1.94 bits per heavy atom. The molecule has 1 saturated carbocycles. The molecule has 3 nitrogen and oxygen atoms in total. The molecule has 1 aromatic carbocycles. The lowest BCUT2D eigenvalue weighted by molar-refractivity contribution is 0.0755. The van der Waals surface area contributed by atoms with Gasteiger partial charge in [-0.2, -0.15) is 0 Å². The van der Waals surface area contributed by atoms with Gasteiger partial charge in [0.2, 0.25) is 5.06 Å². The van der Waals surface area contributed by atoms with Crippen LogP contribution in [0.2, 0.25) is 0 Å². The lowest BCUT2D eigenvalue weighted by Gasteiger charge is -2.30. The average molecular weight is 263 g/mol. The van der Waals surface area contributed by atoms with Crippen molar-refractivity contribution in [3.8, 4) is 0 Å². The van der Waals surface area contributed by atoms with Crippen molar-refractivity contribution in [2.24, 2.45) is 0 Å². The Morgan fingerprint density at radius 3 is 2.72 bits per heavy atom. The minimum atomic E-state index is -1.23. The third kappa shape index (κ3) is 2.04. The van der Waals surface area contributed by atoms with Crippen molar-refractivity contribution in [2.75, 3.05) is 0 Å². The van der Waals surface area contributed by atoms with Crippen LogP contribution in [0.5, 0.6) is 0 Å². The molecule has 1 amide bonds. The largest absolute Gasteiger partial charge is 0.359 e. The van der Waals surface area contributed by atoms with E-state index < -0.39 is 5.06 Å². The van der Waals surface area contributed by atoms with Gasteiger partial charge in [0.15, 0.2) is 0 Å². The summed E-state index contributed by atoms with van der Waals surface area (Å²) in [6, 6.07) is 7.30. The van der Waals surface area contributed by atoms with Crippen LogP contribution < -0.4 is 5.32 Å². The third-order valence-electron chi connectivity index (χ3n) is 3.71. The molecule has 3 rings (SSSR count). The number of hydrogen-bond acceptors (Lipinski definition) is 3.